The first kappa shape index (κ1) is 7.01. The minimum atomic E-state index is 0.185. The smallest absolute Gasteiger partial charge is 0.232 e. The third-order valence-electron chi connectivity index (χ3n) is 1.14. The van der Waals surface area contributed by atoms with Crippen molar-refractivity contribution in [2.45, 2.75) is 6.92 Å². The standard InChI is InChI=1S/C5H7N3OS/c1-2-3(5(7)10)4(6)9-8-2/h6H2,1H3,(H2,7,10). The van der Waals surface area contributed by atoms with Crippen LogP contribution in [0.5, 0.6) is 0 Å². The Kier molecular flexibility index (Phi) is 1.58. The summed E-state index contributed by atoms with van der Waals surface area (Å²) < 4.78 is 4.62. The highest BCUT2D eigenvalue weighted by Gasteiger charge is 2.11. The van der Waals surface area contributed by atoms with Crippen molar-refractivity contribution in [3.63, 3.8) is 0 Å². The van der Waals surface area contributed by atoms with Crippen molar-refractivity contribution in [1.82, 2.24) is 5.16 Å². The molecule has 0 aliphatic rings. The largest absolute Gasteiger partial charge is 0.389 e. The van der Waals surface area contributed by atoms with E-state index in [0.29, 0.717) is 11.3 Å². The van der Waals surface area contributed by atoms with Crippen molar-refractivity contribution in [3.8, 4) is 0 Å². The highest BCUT2D eigenvalue weighted by atomic mass is 32.1. The van der Waals surface area contributed by atoms with Crippen LogP contribution in [0.3, 0.4) is 0 Å². The molecule has 0 saturated carbocycles. The summed E-state index contributed by atoms with van der Waals surface area (Å²) in [6.45, 7) is 1.73. The average molecular weight is 157 g/mol. The zero-order chi connectivity index (χ0) is 7.72. The zero-order valence-electron chi connectivity index (χ0n) is 5.42. The number of aryl methyl sites for hydroxylation is 1. The molecule has 0 bridgehead atoms. The Hall–Kier alpha value is -1.10. The van der Waals surface area contributed by atoms with Crippen LogP contribution in [-0.4, -0.2) is 10.1 Å². The summed E-state index contributed by atoms with van der Waals surface area (Å²) in [6.07, 6.45) is 0. The number of hydrogen-bond acceptors (Lipinski definition) is 4. The Morgan fingerprint density at radius 2 is 2.30 bits per heavy atom. The Balaban J connectivity index is 3.23. The van der Waals surface area contributed by atoms with Gasteiger partial charge >= 0.3 is 0 Å². The van der Waals surface area contributed by atoms with Gasteiger partial charge in [0, 0.05) is 0 Å². The summed E-state index contributed by atoms with van der Waals surface area (Å²) in [6, 6.07) is 0. The summed E-state index contributed by atoms with van der Waals surface area (Å²) in [5.74, 6) is 0.185. The van der Waals surface area contributed by atoms with Crippen molar-refractivity contribution < 1.29 is 4.52 Å². The molecule has 0 aliphatic carbocycles. The lowest BCUT2D eigenvalue weighted by atomic mass is 10.2. The van der Waals surface area contributed by atoms with Crippen LogP contribution in [0, 0.1) is 6.92 Å². The van der Waals surface area contributed by atoms with Gasteiger partial charge in [-0.1, -0.05) is 17.4 Å². The van der Waals surface area contributed by atoms with E-state index in [1.807, 2.05) is 0 Å². The molecule has 0 amide bonds. The van der Waals surface area contributed by atoms with Gasteiger partial charge in [-0.25, -0.2) is 0 Å². The van der Waals surface area contributed by atoms with Gasteiger partial charge in [0.05, 0.1) is 11.3 Å². The van der Waals surface area contributed by atoms with E-state index in [4.69, 9.17) is 11.5 Å². The lowest BCUT2D eigenvalue weighted by Crippen LogP contribution is -2.11. The molecule has 1 aromatic heterocycles. The molecule has 54 valence electrons. The number of nitrogen functional groups attached to an aromatic ring is 1. The molecule has 10 heavy (non-hydrogen) atoms. The van der Waals surface area contributed by atoms with E-state index in [9.17, 15) is 0 Å². The van der Waals surface area contributed by atoms with E-state index in [1.165, 1.54) is 0 Å². The molecule has 1 heterocycles. The number of nitrogens with zero attached hydrogens (tertiary/aromatic N) is 1. The van der Waals surface area contributed by atoms with Crippen molar-refractivity contribution in [2.24, 2.45) is 5.73 Å². The normalized spacial score (nSPS) is 9.70. The maximum Gasteiger partial charge on any atom is 0.232 e. The van der Waals surface area contributed by atoms with Crippen molar-refractivity contribution in [1.29, 1.82) is 0 Å². The molecule has 0 spiro atoms. The number of rotatable bonds is 1. The fourth-order valence-electron chi connectivity index (χ4n) is 0.687. The van der Waals surface area contributed by atoms with Gasteiger partial charge in [0.1, 0.15) is 4.99 Å². The zero-order valence-corrected chi connectivity index (χ0v) is 6.23. The van der Waals surface area contributed by atoms with Crippen LogP contribution in [0.4, 0.5) is 5.88 Å². The molecule has 1 aromatic rings. The third kappa shape index (κ3) is 0.950. The second-order valence-corrected chi connectivity index (χ2v) is 2.31. The lowest BCUT2D eigenvalue weighted by molar-refractivity contribution is 0.431. The molecule has 0 radical (unpaired) electrons. The van der Waals surface area contributed by atoms with Gasteiger partial charge in [-0.3, -0.25) is 0 Å². The second kappa shape index (κ2) is 2.26. The van der Waals surface area contributed by atoms with Crippen LogP contribution in [-0.2, 0) is 0 Å². The molecule has 0 aromatic carbocycles. The monoisotopic (exact) mass is 157 g/mol. The molecule has 0 aliphatic heterocycles. The first-order valence-electron chi connectivity index (χ1n) is 2.64. The van der Waals surface area contributed by atoms with Gasteiger partial charge in [-0.2, -0.15) is 0 Å². The molecule has 0 atom stereocenters. The minimum absolute atomic E-state index is 0.185. The molecule has 0 fully saturated rings. The second-order valence-electron chi connectivity index (χ2n) is 1.87. The molecule has 4 N–H and O–H groups in total. The topological polar surface area (TPSA) is 78.1 Å². The van der Waals surface area contributed by atoms with Crippen molar-refractivity contribution in [2.75, 3.05) is 5.73 Å². The van der Waals surface area contributed by atoms with Gasteiger partial charge in [-0.05, 0) is 6.92 Å². The quantitative estimate of drug-likeness (QED) is 0.569. The predicted octanol–water partition coefficient (Wildman–Crippen LogP) is 0.199. The van der Waals surface area contributed by atoms with Crippen molar-refractivity contribution >= 4 is 23.1 Å². The number of aromatic nitrogens is 1. The summed E-state index contributed by atoms with van der Waals surface area (Å²) >= 11 is 4.69. The van der Waals surface area contributed by atoms with Gasteiger partial charge in [0.25, 0.3) is 0 Å². The lowest BCUT2D eigenvalue weighted by Gasteiger charge is -1.91. The predicted molar refractivity (Wildman–Crippen MR) is 41.5 cm³/mol. The van der Waals surface area contributed by atoms with E-state index in [-0.39, 0.29) is 10.9 Å². The minimum Gasteiger partial charge on any atom is -0.389 e. The molecular weight excluding hydrogens is 150 g/mol. The number of nitrogens with two attached hydrogens (primary N) is 2. The molecule has 0 unspecified atom stereocenters. The summed E-state index contributed by atoms with van der Waals surface area (Å²) in [4.78, 5) is 0.219. The molecule has 5 heteroatoms. The summed E-state index contributed by atoms with van der Waals surface area (Å²) in [7, 11) is 0. The summed E-state index contributed by atoms with van der Waals surface area (Å²) in [5.41, 5.74) is 11.8. The Morgan fingerprint density at radius 3 is 2.50 bits per heavy atom. The Bertz CT molecular complexity index is 248. The SMILES string of the molecule is Cc1noc(N)c1C(N)=S. The molecular formula is C5H7N3OS. The van der Waals surface area contributed by atoms with Gasteiger partial charge in [0.15, 0.2) is 0 Å². The number of anilines is 1. The van der Waals surface area contributed by atoms with Crippen LogP contribution in [0.2, 0.25) is 0 Å². The van der Waals surface area contributed by atoms with Crippen molar-refractivity contribution in [3.05, 3.63) is 11.3 Å². The Labute approximate surface area is 63.2 Å². The van der Waals surface area contributed by atoms with E-state index in [1.54, 1.807) is 6.92 Å². The van der Waals surface area contributed by atoms with E-state index in [0.717, 1.165) is 0 Å². The Morgan fingerprint density at radius 1 is 1.70 bits per heavy atom. The highest BCUT2D eigenvalue weighted by Crippen LogP contribution is 2.14. The molecule has 1 rings (SSSR count). The first-order valence-corrected chi connectivity index (χ1v) is 3.05. The van der Waals surface area contributed by atoms with Crippen LogP contribution in [0.25, 0.3) is 0 Å². The molecule has 4 nitrogen and oxygen atoms in total. The highest BCUT2D eigenvalue weighted by molar-refractivity contribution is 7.80. The fourth-order valence-corrected chi connectivity index (χ4v) is 0.935. The van der Waals surface area contributed by atoms with Crippen LogP contribution < -0.4 is 11.5 Å². The maximum absolute atomic E-state index is 5.35. The molecule has 0 saturated heterocycles. The van der Waals surface area contributed by atoms with Crippen LogP contribution >= 0.6 is 12.2 Å². The van der Waals surface area contributed by atoms with Crippen LogP contribution in [0.1, 0.15) is 11.3 Å². The number of hydrogen-bond donors (Lipinski definition) is 2. The number of thiocarbonyl (C=S) groups is 1. The van der Waals surface area contributed by atoms with E-state index >= 15 is 0 Å². The third-order valence-corrected chi connectivity index (χ3v) is 1.34. The van der Waals surface area contributed by atoms with Crippen LogP contribution in [0.15, 0.2) is 4.52 Å². The van der Waals surface area contributed by atoms with Gasteiger partial charge in [0.2, 0.25) is 5.88 Å². The van der Waals surface area contributed by atoms with E-state index < -0.39 is 0 Å². The maximum atomic E-state index is 5.35. The van der Waals surface area contributed by atoms with E-state index in [2.05, 4.69) is 21.9 Å². The first-order chi connectivity index (χ1) is 4.63. The fraction of sp³-hybridized carbons (Fsp3) is 0.200. The average Bonchev–Trinajstić information content (AvgIpc) is 2.11. The van der Waals surface area contributed by atoms with Gasteiger partial charge < -0.3 is 16.0 Å². The van der Waals surface area contributed by atoms with Gasteiger partial charge in [-0.15, -0.1) is 0 Å². The summed E-state index contributed by atoms with van der Waals surface area (Å²) in [5, 5.41) is 3.57.